The van der Waals surface area contributed by atoms with E-state index in [9.17, 15) is 0 Å². The Morgan fingerprint density at radius 2 is 2.00 bits per heavy atom. The maximum Gasteiger partial charge on any atom is 0.179 e. The molecule has 0 saturated carbocycles. The van der Waals surface area contributed by atoms with Crippen LogP contribution in [0, 0.1) is 0 Å². The Bertz CT molecular complexity index is 546. The molecule has 1 fully saturated rings. The summed E-state index contributed by atoms with van der Waals surface area (Å²) in [7, 11) is 2.12. The largest absolute Gasteiger partial charge is 0.488 e. The molecule has 2 aromatic rings. The third kappa shape index (κ3) is 1.99. The van der Waals surface area contributed by atoms with Gasteiger partial charge in [-0.1, -0.05) is 0 Å². The van der Waals surface area contributed by atoms with E-state index in [0.717, 1.165) is 25.9 Å². The van der Waals surface area contributed by atoms with Gasteiger partial charge in [0, 0.05) is 13.1 Å². The summed E-state index contributed by atoms with van der Waals surface area (Å²) < 4.78 is 10.7. The predicted molar refractivity (Wildman–Crippen MR) is 67.4 cm³/mol. The summed E-state index contributed by atoms with van der Waals surface area (Å²) in [6.07, 6.45) is 2.27. The van der Waals surface area contributed by atoms with Crippen molar-refractivity contribution in [3.8, 4) is 5.75 Å². The first kappa shape index (κ1) is 11.3. The van der Waals surface area contributed by atoms with Gasteiger partial charge in [0.05, 0.1) is 5.69 Å². The molecule has 0 spiro atoms. The molecule has 96 valence electrons. The highest BCUT2D eigenvalue weighted by Gasteiger charge is 2.20. The highest BCUT2D eigenvalue weighted by Crippen LogP contribution is 2.29. The van der Waals surface area contributed by atoms with Gasteiger partial charge in [-0.15, -0.1) is 0 Å². The minimum absolute atomic E-state index is 0.227. The van der Waals surface area contributed by atoms with Crippen molar-refractivity contribution in [1.82, 2.24) is 15.2 Å². The van der Waals surface area contributed by atoms with E-state index < -0.39 is 0 Å². The Morgan fingerprint density at radius 1 is 1.28 bits per heavy atom. The van der Waals surface area contributed by atoms with Gasteiger partial charge >= 0.3 is 0 Å². The van der Waals surface area contributed by atoms with E-state index in [2.05, 4.69) is 22.3 Å². The number of aromatic nitrogens is 2. The molecule has 0 radical (unpaired) electrons. The van der Waals surface area contributed by atoms with Crippen LogP contribution in [-0.4, -0.2) is 41.5 Å². The van der Waals surface area contributed by atoms with Crippen molar-refractivity contribution < 1.29 is 9.37 Å². The average molecular weight is 248 g/mol. The monoisotopic (exact) mass is 248 g/mol. The van der Waals surface area contributed by atoms with Gasteiger partial charge < -0.3 is 15.4 Å². The standard InChI is InChI=1S/C12H16N4O2/c1-16-6-4-8(5-7-16)17-10-3-2-9(13)11-12(10)15-18-14-11/h2-3,8H,4-7,13H2,1H3. The van der Waals surface area contributed by atoms with Crippen LogP contribution in [0.15, 0.2) is 16.8 Å². The molecule has 6 nitrogen and oxygen atoms in total. The van der Waals surface area contributed by atoms with E-state index >= 15 is 0 Å². The number of nitrogens with two attached hydrogens (primary N) is 1. The molecule has 1 aliphatic rings. The zero-order valence-electron chi connectivity index (χ0n) is 10.3. The summed E-state index contributed by atoms with van der Waals surface area (Å²) in [6.45, 7) is 2.11. The van der Waals surface area contributed by atoms with Gasteiger partial charge in [-0.05, 0) is 42.3 Å². The van der Waals surface area contributed by atoms with Gasteiger partial charge in [0.1, 0.15) is 6.10 Å². The topological polar surface area (TPSA) is 77.4 Å². The molecule has 1 saturated heterocycles. The lowest BCUT2D eigenvalue weighted by molar-refractivity contribution is 0.115. The summed E-state index contributed by atoms with van der Waals surface area (Å²) in [4.78, 5) is 2.30. The Labute approximate surface area is 105 Å². The minimum atomic E-state index is 0.227. The Kier molecular flexibility index (Phi) is 2.79. The number of fused-ring (bicyclic) bond motifs is 1. The molecule has 0 unspecified atom stereocenters. The lowest BCUT2D eigenvalue weighted by atomic mass is 10.1. The molecule has 1 aromatic heterocycles. The van der Waals surface area contributed by atoms with Crippen LogP contribution < -0.4 is 10.5 Å². The number of benzene rings is 1. The van der Waals surface area contributed by atoms with E-state index in [-0.39, 0.29) is 6.10 Å². The van der Waals surface area contributed by atoms with Crippen LogP contribution in [0.2, 0.25) is 0 Å². The highest BCUT2D eigenvalue weighted by molar-refractivity contribution is 5.90. The molecule has 0 aliphatic carbocycles. The van der Waals surface area contributed by atoms with E-state index in [1.165, 1.54) is 0 Å². The first-order chi connectivity index (χ1) is 8.74. The van der Waals surface area contributed by atoms with Crippen molar-refractivity contribution in [1.29, 1.82) is 0 Å². The van der Waals surface area contributed by atoms with Crippen LogP contribution in [0.4, 0.5) is 5.69 Å². The molecule has 1 aromatic carbocycles. The Hall–Kier alpha value is -1.82. The fraction of sp³-hybridized carbons (Fsp3) is 0.500. The van der Waals surface area contributed by atoms with Crippen LogP contribution >= 0.6 is 0 Å². The summed E-state index contributed by atoms with van der Waals surface area (Å²) in [5, 5.41) is 7.64. The number of hydrogen-bond acceptors (Lipinski definition) is 6. The molecule has 1 aliphatic heterocycles. The van der Waals surface area contributed by atoms with Crippen LogP contribution in [0.25, 0.3) is 11.0 Å². The van der Waals surface area contributed by atoms with Crippen LogP contribution in [0.1, 0.15) is 12.8 Å². The zero-order valence-corrected chi connectivity index (χ0v) is 10.3. The fourth-order valence-electron chi connectivity index (χ4n) is 2.24. The molecule has 0 amide bonds. The van der Waals surface area contributed by atoms with E-state index in [4.69, 9.17) is 15.1 Å². The van der Waals surface area contributed by atoms with Gasteiger partial charge in [-0.25, -0.2) is 4.63 Å². The van der Waals surface area contributed by atoms with Crippen LogP contribution in [0.5, 0.6) is 5.75 Å². The third-order valence-electron chi connectivity index (χ3n) is 3.37. The number of anilines is 1. The Balaban J connectivity index is 1.82. The zero-order chi connectivity index (χ0) is 12.5. The van der Waals surface area contributed by atoms with Crippen LogP contribution in [0.3, 0.4) is 0 Å². The van der Waals surface area contributed by atoms with Crippen molar-refractivity contribution in [3.63, 3.8) is 0 Å². The smallest absolute Gasteiger partial charge is 0.179 e. The van der Waals surface area contributed by atoms with Gasteiger partial charge in [0.15, 0.2) is 16.8 Å². The van der Waals surface area contributed by atoms with Crippen molar-refractivity contribution in [3.05, 3.63) is 12.1 Å². The summed E-state index contributed by atoms with van der Waals surface area (Å²) in [5.41, 5.74) is 7.53. The number of hydrogen-bond donors (Lipinski definition) is 1. The molecular weight excluding hydrogens is 232 g/mol. The van der Waals surface area contributed by atoms with E-state index in [0.29, 0.717) is 22.5 Å². The molecule has 0 bridgehead atoms. The lowest BCUT2D eigenvalue weighted by Crippen LogP contribution is -2.35. The first-order valence-corrected chi connectivity index (χ1v) is 6.10. The third-order valence-corrected chi connectivity index (χ3v) is 3.37. The predicted octanol–water partition coefficient (Wildman–Crippen LogP) is 1.28. The van der Waals surface area contributed by atoms with Gasteiger partial charge in [-0.3, -0.25) is 0 Å². The summed E-state index contributed by atoms with van der Waals surface area (Å²) in [5.74, 6) is 0.704. The maximum absolute atomic E-state index is 5.99. The van der Waals surface area contributed by atoms with Gasteiger partial charge in [-0.2, -0.15) is 0 Å². The van der Waals surface area contributed by atoms with Crippen molar-refractivity contribution in [2.75, 3.05) is 25.9 Å². The quantitative estimate of drug-likeness (QED) is 0.807. The first-order valence-electron chi connectivity index (χ1n) is 6.10. The van der Waals surface area contributed by atoms with E-state index in [1.807, 2.05) is 6.07 Å². The Morgan fingerprint density at radius 3 is 2.78 bits per heavy atom. The number of rotatable bonds is 2. The van der Waals surface area contributed by atoms with Crippen molar-refractivity contribution >= 4 is 16.7 Å². The van der Waals surface area contributed by atoms with Gasteiger partial charge in [0.25, 0.3) is 0 Å². The van der Waals surface area contributed by atoms with Crippen molar-refractivity contribution in [2.45, 2.75) is 18.9 Å². The second-order valence-corrected chi connectivity index (χ2v) is 4.73. The SMILES string of the molecule is CN1CCC(Oc2ccc(N)c3nonc23)CC1. The minimum Gasteiger partial charge on any atom is -0.488 e. The maximum atomic E-state index is 5.99. The number of ether oxygens (including phenoxy) is 1. The molecule has 6 heteroatoms. The second kappa shape index (κ2) is 4.45. The lowest BCUT2D eigenvalue weighted by Gasteiger charge is -2.29. The van der Waals surface area contributed by atoms with Crippen molar-refractivity contribution in [2.24, 2.45) is 0 Å². The number of piperidine rings is 1. The fourth-order valence-corrected chi connectivity index (χ4v) is 2.24. The normalized spacial score (nSPS) is 18.3. The molecule has 2 N–H and O–H groups in total. The van der Waals surface area contributed by atoms with Crippen LogP contribution in [-0.2, 0) is 0 Å². The molecule has 3 rings (SSSR count). The number of likely N-dealkylation sites (tertiary alicyclic amines) is 1. The molecule has 2 heterocycles. The highest BCUT2D eigenvalue weighted by atomic mass is 16.6. The van der Waals surface area contributed by atoms with E-state index in [1.54, 1.807) is 6.07 Å². The molecule has 0 atom stereocenters. The molecular formula is C12H16N4O2. The summed E-state index contributed by atoms with van der Waals surface area (Å²) >= 11 is 0. The second-order valence-electron chi connectivity index (χ2n) is 4.73. The summed E-state index contributed by atoms with van der Waals surface area (Å²) in [6, 6.07) is 3.61. The average Bonchev–Trinajstić information content (AvgIpc) is 2.86. The number of nitrogens with zero attached hydrogens (tertiary/aromatic N) is 3. The molecule has 18 heavy (non-hydrogen) atoms. The number of nitrogen functional groups attached to an aromatic ring is 1. The van der Waals surface area contributed by atoms with Gasteiger partial charge in [0.2, 0.25) is 0 Å².